The minimum absolute atomic E-state index is 0.562. The number of hydrogen-bond donors (Lipinski definition) is 2. The molecule has 0 saturated carbocycles. The molecule has 1 aromatic rings. The van der Waals surface area contributed by atoms with Crippen LogP contribution in [0.5, 0.6) is 0 Å². The average Bonchev–Trinajstić information content (AvgIpc) is 2.93. The molecule has 0 aromatic carbocycles. The molecule has 1 aromatic heterocycles. The van der Waals surface area contributed by atoms with Crippen LogP contribution in [0.1, 0.15) is 20.1 Å². The maximum Gasteiger partial charge on any atom is 0.330 e. The number of azide groups is 1. The van der Waals surface area contributed by atoms with E-state index in [0.717, 1.165) is 10.6 Å². The Morgan fingerprint density at radius 2 is 2.17 bits per heavy atom. The Bertz CT molecular complexity index is 781. The number of rotatable bonds is 3. The van der Waals surface area contributed by atoms with E-state index in [1.165, 1.54) is 6.20 Å². The summed E-state index contributed by atoms with van der Waals surface area (Å²) in [5, 5.41) is 13.2. The van der Waals surface area contributed by atoms with E-state index in [1.54, 1.807) is 13.8 Å². The molecule has 3 heterocycles. The second-order valence-electron chi connectivity index (χ2n) is 5.74. The van der Waals surface area contributed by atoms with Crippen LogP contribution in [0.15, 0.2) is 27.0 Å². The van der Waals surface area contributed by atoms with Gasteiger partial charge in [0.05, 0.1) is 6.61 Å². The zero-order chi connectivity index (χ0) is 16.8. The second kappa shape index (κ2) is 5.18. The van der Waals surface area contributed by atoms with Gasteiger partial charge in [0.1, 0.15) is 12.2 Å². The molecule has 3 rings (SSSR count). The predicted octanol–water partition coefficient (Wildman–Crippen LogP) is -0.416. The Morgan fingerprint density at radius 1 is 1.43 bits per heavy atom. The Kier molecular flexibility index (Phi) is 3.54. The van der Waals surface area contributed by atoms with Gasteiger partial charge >= 0.3 is 5.69 Å². The number of nitrogens with one attached hydrogen (secondary N) is 1. The molecule has 4 atom stereocenters. The van der Waals surface area contributed by atoms with Gasteiger partial charge < -0.3 is 19.3 Å². The van der Waals surface area contributed by atoms with Crippen molar-refractivity contribution in [2.75, 3.05) is 6.61 Å². The number of ether oxygens (including phenoxy) is 3. The summed E-state index contributed by atoms with van der Waals surface area (Å²) < 4.78 is 18.1. The summed E-state index contributed by atoms with van der Waals surface area (Å²) in [6.45, 7) is 2.64. The first kappa shape index (κ1) is 15.7. The van der Waals surface area contributed by atoms with E-state index in [0.29, 0.717) is 0 Å². The lowest BCUT2D eigenvalue weighted by atomic mass is 10.1. The molecule has 1 unspecified atom stereocenters. The van der Waals surface area contributed by atoms with Gasteiger partial charge in [0.15, 0.2) is 12.0 Å². The van der Waals surface area contributed by atoms with Crippen LogP contribution >= 0.6 is 0 Å². The fourth-order valence-corrected chi connectivity index (χ4v) is 2.85. The zero-order valence-electron chi connectivity index (χ0n) is 12.4. The summed E-state index contributed by atoms with van der Waals surface area (Å²) in [5.74, 6) is -1.02. The fourth-order valence-electron chi connectivity index (χ4n) is 2.85. The Hall–Kier alpha value is -2.17. The van der Waals surface area contributed by atoms with E-state index < -0.39 is 47.8 Å². The minimum Gasteiger partial charge on any atom is -0.393 e. The molecule has 2 aliphatic rings. The van der Waals surface area contributed by atoms with Gasteiger partial charge in [-0.1, -0.05) is 5.11 Å². The van der Waals surface area contributed by atoms with Crippen LogP contribution in [-0.2, 0) is 14.2 Å². The summed E-state index contributed by atoms with van der Waals surface area (Å²) in [7, 11) is 0. The molecule has 0 aliphatic carbocycles. The number of aliphatic hydroxyl groups excluding tert-OH is 1. The van der Waals surface area contributed by atoms with Crippen molar-refractivity contribution in [2.45, 2.75) is 43.8 Å². The van der Waals surface area contributed by atoms with Crippen LogP contribution in [0.2, 0.25) is 0 Å². The molecule has 23 heavy (non-hydrogen) atoms. The summed E-state index contributed by atoms with van der Waals surface area (Å²) in [6.07, 6.45) is -1.53. The van der Waals surface area contributed by atoms with Crippen molar-refractivity contribution < 1.29 is 19.3 Å². The topological polar surface area (TPSA) is 152 Å². The van der Waals surface area contributed by atoms with Crippen molar-refractivity contribution >= 4 is 0 Å². The van der Waals surface area contributed by atoms with E-state index in [-0.39, 0.29) is 0 Å². The van der Waals surface area contributed by atoms with Crippen LogP contribution < -0.4 is 11.2 Å². The SMILES string of the molecule is CC1(C)O[C@H]2C(n3ccc(=O)[nH]c3=O)O[C@@](CO)(N=[N+]=[N-])[C@H]2O1. The lowest BCUT2D eigenvalue weighted by molar-refractivity contribution is -0.226. The van der Waals surface area contributed by atoms with Crippen molar-refractivity contribution in [3.8, 4) is 0 Å². The molecule has 2 saturated heterocycles. The first-order chi connectivity index (χ1) is 10.8. The smallest absolute Gasteiger partial charge is 0.330 e. The lowest BCUT2D eigenvalue weighted by Gasteiger charge is -2.29. The van der Waals surface area contributed by atoms with Crippen LogP contribution in [-0.4, -0.2) is 45.0 Å². The number of nitrogens with zero attached hydrogens (tertiary/aromatic N) is 4. The van der Waals surface area contributed by atoms with Gasteiger partial charge in [0, 0.05) is 17.2 Å². The van der Waals surface area contributed by atoms with Crippen molar-refractivity contribution in [3.63, 3.8) is 0 Å². The molecule has 0 spiro atoms. The van der Waals surface area contributed by atoms with Gasteiger partial charge in [-0.2, -0.15) is 0 Å². The van der Waals surface area contributed by atoms with E-state index in [2.05, 4.69) is 15.0 Å². The maximum absolute atomic E-state index is 12.0. The predicted molar refractivity (Wildman–Crippen MR) is 74.2 cm³/mol. The fraction of sp³-hybridized carbons (Fsp3) is 0.667. The van der Waals surface area contributed by atoms with Gasteiger partial charge in [-0.25, -0.2) is 4.79 Å². The van der Waals surface area contributed by atoms with Gasteiger partial charge in [0.2, 0.25) is 5.72 Å². The van der Waals surface area contributed by atoms with Crippen LogP contribution in [0, 0.1) is 0 Å². The lowest BCUT2D eigenvalue weighted by Crippen LogP contribution is -2.44. The maximum atomic E-state index is 12.0. The number of aromatic nitrogens is 2. The highest BCUT2D eigenvalue weighted by atomic mass is 16.8. The molecule has 0 radical (unpaired) electrons. The molecular weight excluding hydrogens is 310 g/mol. The highest BCUT2D eigenvalue weighted by molar-refractivity contribution is 5.05. The first-order valence-electron chi connectivity index (χ1n) is 6.84. The summed E-state index contributed by atoms with van der Waals surface area (Å²) in [4.78, 5) is 28.0. The molecule has 11 heteroatoms. The van der Waals surface area contributed by atoms with Crippen molar-refractivity contribution in [2.24, 2.45) is 5.11 Å². The molecule has 124 valence electrons. The average molecular weight is 325 g/mol. The quantitative estimate of drug-likeness (QED) is 0.437. The van der Waals surface area contributed by atoms with Gasteiger partial charge in [0.25, 0.3) is 5.56 Å². The highest BCUT2D eigenvalue weighted by Crippen LogP contribution is 2.48. The Balaban J connectivity index is 2.10. The minimum atomic E-state index is -1.73. The third kappa shape index (κ3) is 2.44. The van der Waals surface area contributed by atoms with Crippen molar-refractivity contribution in [1.82, 2.24) is 9.55 Å². The van der Waals surface area contributed by atoms with E-state index >= 15 is 0 Å². The summed E-state index contributed by atoms with van der Waals surface area (Å²) >= 11 is 0. The first-order valence-corrected chi connectivity index (χ1v) is 6.84. The molecule has 2 fully saturated rings. The van der Waals surface area contributed by atoms with E-state index in [4.69, 9.17) is 19.7 Å². The molecular formula is C12H15N5O6. The third-order valence-electron chi connectivity index (χ3n) is 3.75. The van der Waals surface area contributed by atoms with E-state index in [9.17, 15) is 14.7 Å². The molecule has 2 N–H and O–H groups in total. The number of aliphatic hydroxyl groups is 1. The van der Waals surface area contributed by atoms with Crippen LogP contribution in [0.3, 0.4) is 0 Å². The largest absolute Gasteiger partial charge is 0.393 e. The van der Waals surface area contributed by atoms with E-state index in [1.807, 2.05) is 0 Å². The molecule has 0 amide bonds. The number of hydrogen-bond acceptors (Lipinski definition) is 7. The number of fused-ring (bicyclic) bond motifs is 1. The van der Waals surface area contributed by atoms with Gasteiger partial charge in [-0.15, -0.1) is 0 Å². The monoisotopic (exact) mass is 325 g/mol. The van der Waals surface area contributed by atoms with Gasteiger partial charge in [-0.3, -0.25) is 14.3 Å². The Morgan fingerprint density at radius 3 is 2.78 bits per heavy atom. The molecule has 2 aliphatic heterocycles. The zero-order valence-corrected chi connectivity index (χ0v) is 12.4. The standard InChI is InChI=1S/C12H15N5O6/c1-11(2)21-7-8(22-11)12(5-18,15-16-13)23-9(7)17-4-3-6(19)14-10(17)20/h3-4,7-9,18H,5H2,1-2H3,(H,14,19,20)/t7-,8+,9?,12-/m1/s1. The summed E-state index contributed by atoms with van der Waals surface area (Å²) in [5.41, 5.74) is 5.77. The highest BCUT2D eigenvalue weighted by Gasteiger charge is 2.63. The normalized spacial score (nSPS) is 34.8. The molecule has 11 nitrogen and oxygen atoms in total. The molecule has 0 bridgehead atoms. The number of aromatic amines is 1. The van der Waals surface area contributed by atoms with Crippen molar-refractivity contribution in [3.05, 3.63) is 43.5 Å². The van der Waals surface area contributed by atoms with Crippen LogP contribution in [0.25, 0.3) is 10.4 Å². The second-order valence-corrected chi connectivity index (χ2v) is 5.74. The third-order valence-corrected chi connectivity index (χ3v) is 3.75. The number of H-pyrrole nitrogens is 1. The van der Waals surface area contributed by atoms with Crippen LogP contribution in [0.4, 0.5) is 0 Å². The van der Waals surface area contributed by atoms with Gasteiger partial charge in [-0.05, 0) is 19.4 Å². The Labute approximate surface area is 129 Å². The summed E-state index contributed by atoms with van der Waals surface area (Å²) in [6, 6.07) is 1.15. The van der Waals surface area contributed by atoms with Crippen molar-refractivity contribution in [1.29, 1.82) is 0 Å².